The third-order valence-corrected chi connectivity index (χ3v) is 3.36. The smallest absolute Gasteiger partial charge is 0.326 e. The summed E-state index contributed by atoms with van der Waals surface area (Å²) in [6.45, 7) is 2.12. The Balaban J connectivity index is 1.77. The van der Waals surface area contributed by atoms with E-state index in [1.807, 2.05) is 36.4 Å². The molecule has 0 fully saturated rings. The molecule has 0 radical (unpaired) electrons. The number of hydrogen-bond acceptors (Lipinski definition) is 5. The van der Waals surface area contributed by atoms with E-state index in [4.69, 9.17) is 9.26 Å². The average Bonchev–Trinajstić information content (AvgIpc) is 3.03. The molecule has 0 amide bonds. The molecule has 0 atom stereocenters. The van der Waals surface area contributed by atoms with Crippen LogP contribution in [0.4, 0.5) is 11.7 Å². The number of aryl methyl sites for hydroxylation is 1. The SMILES string of the molecule is CCc1cccc(Nc2nc(-c3ccc(OC)cc3)no2)c1. The van der Waals surface area contributed by atoms with Crippen molar-refractivity contribution >= 4 is 11.7 Å². The minimum atomic E-state index is 0.374. The van der Waals surface area contributed by atoms with Crippen LogP contribution in [0.1, 0.15) is 12.5 Å². The normalized spacial score (nSPS) is 10.5. The van der Waals surface area contributed by atoms with Crippen LogP contribution in [0.3, 0.4) is 0 Å². The largest absolute Gasteiger partial charge is 0.497 e. The van der Waals surface area contributed by atoms with Crippen LogP contribution in [0, 0.1) is 0 Å². The Bertz CT molecular complexity index is 751. The van der Waals surface area contributed by atoms with Crippen molar-refractivity contribution in [1.82, 2.24) is 10.1 Å². The van der Waals surface area contributed by atoms with Crippen LogP contribution in [0.15, 0.2) is 53.1 Å². The maximum Gasteiger partial charge on any atom is 0.326 e. The molecule has 3 rings (SSSR count). The van der Waals surface area contributed by atoms with Gasteiger partial charge in [-0.3, -0.25) is 0 Å². The number of benzene rings is 2. The number of nitrogens with zero attached hydrogens (tertiary/aromatic N) is 2. The third kappa shape index (κ3) is 3.09. The first kappa shape index (κ1) is 14.1. The van der Waals surface area contributed by atoms with E-state index >= 15 is 0 Å². The van der Waals surface area contributed by atoms with Gasteiger partial charge in [0.1, 0.15) is 5.75 Å². The number of methoxy groups -OCH3 is 1. The van der Waals surface area contributed by atoms with E-state index in [2.05, 4.69) is 34.5 Å². The number of aromatic nitrogens is 2. The first-order chi connectivity index (χ1) is 10.8. The molecule has 0 bridgehead atoms. The fourth-order valence-electron chi connectivity index (χ4n) is 2.12. The predicted molar refractivity (Wildman–Crippen MR) is 85.4 cm³/mol. The zero-order valence-corrected chi connectivity index (χ0v) is 12.5. The summed E-state index contributed by atoms with van der Waals surface area (Å²) in [5.74, 6) is 1.33. The minimum absolute atomic E-state index is 0.374. The van der Waals surface area contributed by atoms with Crippen LogP contribution in [0.5, 0.6) is 5.75 Å². The molecule has 0 saturated heterocycles. The van der Waals surface area contributed by atoms with E-state index in [0.29, 0.717) is 11.8 Å². The summed E-state index contributed by atoms with van der Waals surface area (Å²) in [5, 5.41) is 7.12. The lowest BCUT2D eigenvalue weighted by atomic mass is 10.1. The fraction of sp³-hybridized carbons (Fsp3) is 0.176. The van der Waals surface area contributed by atoms with Crippen molar-refractivity contribution in [2.24, 2.45) is 0 Å². The second-order valence-corrected chi connectivity index (χ2v) is 4.83. The molecular formula is C17H17N3O2. The summed E-state index contributed by atoms with van der Waals surface area (Å²) < 4.78 is 10.4. The maximum atomic E-state index is 5.25. The molecule has 5 heteroatoms. The van der Waals surface area contributed by atoms with E-state index < -0.39 is 0 Å². The molecule has 2 aromatic carbocycles. The van der Waals surface area contributed by atoms with Crippen LogP contribution in [0.2, 0.25) is 0 Å². The summed E-state index contributed by atoms with van der Waals surface area (Å²) in [4.78, 5) is 4.36. The van der Waals surface area contributed by atoms with E-state index in [9.17, 15) is 0 Å². The quantitative estimate of drug-likeness (QED) is 0.769. The Morgan fingerprint density at radius 3 is 2.68 bits per heavy atom. The Morgan fingerprint density at radius 1 is 1.14 bits per heavy atom. The Hall–Kier alpha value is -2.82. The zero-order chi connectivity index (χ0) is 15.4. The van der Waals surface area contributed by atoms with Gasteiger partial charge in [0.15, 0.2) is 0 Å². The molecule has 112 valence electrons. The monoisotopic (exact) mass is 295 g/mol. The minimum Gasteiger partial charge on any atom is -0.497 e. The average molecular weight is 295 g/mol. The van der Waals surface area contributed by atoms with Crippen molar-refractivity contribution in [3.63, 3.8) is 0 Å². The molecule has 0 aliphatic rings. The van der Waals surface area contributed by atoms with Gasteiger partial charge in [-0.25, -0.2) is 0 Å². The van der Waals surface area contributed by atoms with Crippen molar-refractivity contribution in [3.8, 4) is 17.1 Å². The first-order valence-electron chi connectivity index (χ1n) is 7.12. The second-order valence-electron chi connectivity index (χ2n) is 4.83. The number of anilines is 2. The number of nitrogens with one attached hydrogen (secondary N) is 1. The highest BCUT2D eigenvalue weighted by Crippen LogP contribution is 2.22. The first-order valence-corrected chi connectivity index (χ1v) is 7.12. The standard InChI is InChI=1S/C17H17N3O2/c1-3-12-5-4-6-14(11-12)18-17-19-16(20-22-17)13-7-9-15(21-2)10-8-13/h4-11H,3H2,1-2H3,(H,18,19,20). The van der Waals surface area contributed by atoms with Crippen LogP contribution >= 0.6 is 0 Å². The maximum absolute atomic E-state index is 5.25. The molecule has 5 nitrogen and oxygen atoms in total. The van der Waals surface area contributed by atoms with Crippen molar-refractivity contribution in [3.05, 3.63) is 54.1 Å². The van der Waals surface area contributed by atoms with E-state index in [1.165, 1.54) is 5.56 Å². The lowest BCUT2D eigenvalue weighted by Gasteiger charge is -2.02. The van der Waals surface area contributed by atoms with Gasteiger partial charge < -0.3 is 14.6 Å². The van der Waals surface area contributed by atoms with Gasteiger partial charge in [0.2, 0.25) is 5.82 Å². The molecule has 0 saturated carbocycles. The van der Waals surface area contributed by atoms with Gasteiger partial charge in [0.25, 0.3) is 0 Å². The highest BCUT2D eigenvalue weighted by molar-refractivity contribution is 5.59. The zero-order valence-electron chi connectivity index (χ0n) is 12.5. The van der Waals surface area contributed by atoms with E-state index in [-0.39, 0.29) is 0 Å². The van der Waals surface area contributed by atoms with Gasteiger partial charge in [0, 0.05) is 11.3 Å². The molecule has 22 heavy (non-hydrogen) atoms. The summed E-state index contributed by atoms with van der Waals surface area (Å²) in [5.41, 5.74) is 3.06. The predicted octanol–water partition coefficient (Wildman–Crippen LogP) is 4.05. The van der Waals surface area contributed by atoms with Crippen molar-refractivity contribution in [2.75, 3.05) is 12.4 Å². The van der Waals surface area contributed by atoms with Crippen LogP contribution in [-0.4, -0.2) is 17.3 Å². The van der Waals surface area contributed by atoms with Gasteiger partial charge in [-0.1, -0.05) is 24.2 Å². The molecule has 0 spiro atoms. The molecule has 0 unspecified atom stereocenters. The third-order valence-electron chi connectivity index (χ3n) is 3.36. The summed E-state index contributed by atoms with van der Waals surface area (Å²) in [6.07, 6.45) is 0.983. The molecule has 1 heterocycles. The Morgan fingerprint density at radius 2 is 1.95 bits per heavy atom. The lowest BCUT2D eigenvalue weighted by Crippen LogP contribution is -1.91. The summed E-state index contributed by atoms with van der Waals surface area (Å²) in [6, 6.07) is 16.0. The van der Waals surface area contributed by atoms with Crippen LogP contribution in [-0.2, 0) is 6.42 Å². The van der Waals surface area contributed by atoms with Gasteiger partial charge in [-0.05, 0) is 48.4 Å². The van der Waals surface area contributed by atoms with Crippen molar-refractivity contribution in [1.29, 1.82) is 0 Å². The second kappa shape index (κ2) is 6.30. The number of rotatable bonds is 5. The molecule has 0 aliphatic carbocycles. The van der Waals surface area contributed by atoms with Crippen molar-refractivity contribution < 1.29 is 9.26 Å². The Kier molecular flexibility index (Phi) is 4.05. The van der Waals surface area contributed by atoms with Crippen LogP contribution < -0.4 is 10.1 Å². The van der Waals surface area contributed by atoms with Gasteiger partial charge in [-0.2, -0.15) is 4.98 Å². The van der Waals surface area contributed by atoms with Crippen LogP contribution in [0.25, 0.3) is 11.4 Å². The molecular weight excluding hydrogens is 278 g/mol. The van der Waals surface area contributed by atoms with Crippen molar-refractivity contribution in [2.45, 2.75) is 13.3 Å². The summed E-state index contributed by atoms with van der Waals surface area (Å²) >= 11 is 0. The molecule has 0 aliphatic heterocycles. The highest BCUT2D eigenvalue weighted by atomic mass is 16.5. The van der Waals surface area contributed by atoms with E-state index in [1.54, 1.807) is 7.11 Å². The van der Waals surface area contributed by atoms with Gasteiger partial charge >= 0.3 is 6.01 Å². The fourth-order valence-corrected chi connectivity index (χ4v) is 2.12. The molecule has 3 aromatic rings. The van der Waals surface area contributed by atoms with Gasteiger partial charge in [-0.15, -0.1) is 0 Å². The van der Waals surface area contributed by atoms with Gasteiger partial charge in [0.05, 0.1) is 7.11 Å². The topological polar surface area (TPSA) is 60.2 Å². The number of ether oxygens (including phenoxy) is 1. The van der Waals surface area contributed by atoms with E-state index in [0.717, 1.165) is 23.4 Å². The molecule has 1 N–H and O–H groups in total. The molecule has 1 aromatic heterocycles. The number of hydrogen-bond donors (Lipinski definition) is 1. The summed E-state index contributed by atoms with van der Waals surface area (Å²) in [7, 11) is 1.63. The Labute approximate surface area is 128 Å². The highest BCUT2D eigenvalue weighted by Gasteiger charge is 2.09. The lowest BCUT2D eigenvalue weighted by molar-refractivity contribution is 0.415.